The number of amides is 1. The second-order valence-electron chi connectivity index (χ2n) is 9.34. The number of nitrogens with zero attached hydrogens (tertiary/aromatic N) is 1. The fraction of sp³-hybridized carbons (Fsp3) is 0.407. The second kappa shape index (κ2) is 8.67. The second-order valence-corrected chi connectivity index (χ2v) is 9.34. The van der Waals surface area contributed by atoms with Crippen molar-refractivity contribution in [2.75, 3.05) is 19.7 Å². The molecular weight excluding hydrogens is 418 g/mol. The summed E-state index contributed by atoms with van der Waals surface area (Å²) in [5.41, 5.74) is 1.86. The zero-order chi connectivity index (χ0) is 23.0. The molecule has 172 valence electrons. The van der Waals surface area contributed by atoms with Gasteiger partial charge in [0.1, 0.15) is 11.3 Å². The molecule has 1 N–H and O–H groups in total. The molecule has 33 heavy (non-hydrogen) atoms. The lowest BCUT2D eigenvalue weighted by atomic mass is 9.71. The minimum atomic E-state index is -0.612. The van der Waals surface area contributed by atoms with E-state index in [4.69, 9.17) is 9.15 Å². The fourth-order valence-electron chi connectivity index (χ4n) is 5.38. The van der Waals surface area contributed by atoms with Crippen LogP contribution in [0, 0.1) is 12.8 Å². The van der Waals surface area contributed by atoms with Crippen LogP contribution in [0.1, 0.15) is 37.7 Å². The number of hydrogen-bond acceptors (Lipinski definition) is 5. The van der Waals surface area contributed by atoms with E-state index < -0.39 is 11.2 Å². The van der Waals surface area contributed by atoms with Crippen LogP contribution in [0.15, 0.2) is 57.7 Å². The van der Waals surface area contributed by atoms with E-state index in [1.165, 1.54) is 6.07 Å². The molecule has 1 aliphatic carbocycles. The lowest BCUT2D eigenvalue weighted by Crippen LogP contribution is -2.55. The summed E-state index contributed by atoms with van der Waals surface area (Å²) in [5, 5.41) is 11.7. The van der Waals surface area contributed by atoms with Crippen LogP contribution in [0.4, 0.5) is 0 Å². The molecule has 1 amide bonds. The average molecular weight is 448 g/mol. The highest BCUT2D eigenvalue weighted by molar-refractivity contribution is 5.95. The van der Waals surface area contributed by atoms with Crippen LogP contribution in [-0.2, 0) is 4.79 Å². The van der Waals surface area contributed by atoms with E-state index in [1.807, 2.05) is 54.3 Å². The van der Waals surface area contributed by atoms with Gasteiger partial charge in [0, 0.05) is 36.0 Å². The van der Waals surface area contributed by atoms with E-state index in [2.05, 4.69) is 0 Å². The van der Waals surface area contributed by atoms with Gasteiger partial charge < -0.3 is 19.2 Å². The van der Waals surface area contributed by atoms with Crippen molar-refractivity contribution in [1.29, 1.82) is 0 Å². The van der Waals surface area contributed by atoms with Gasteiger partial charge in [-0.1, -0.05) is 43.2 Å². The maximum atomic E-state index is 12.9. The molecule has 2 heterocycles. The fourth-order valence-corrected chi connectivity index (χ4v) is 5.38. The molecule has 5 rings (SSSR count). The smallest absolute Gasteiger partial charge is 0.336 e. The number of aliphatic hydroxyl groups is 1. The average Bonchev–Trinajstić information content (AvgIpc) is 2.83. The largest absolute Gasteiger partial charge is 0.483 e. The number of rotatable bonds is 4. The van der Waals surface area contributed by atoms with Gasteiger partial charge in [-0.25, -0.2) is 4.79 Å². The van der Waals surface area contributed by atoms with Crippen molar-refractivity contribution in [2.45, 2.75) is 44.6 Å². The van der Waals surface area contributed by atoms with Gasteiger partial charge in [-0.3, -0.25) is 4.79 Å². The van der Waals surface area contributed by atoms with Crippen molar-refractivity contribution in [3.8, 4) is 16.9 Å². The Morgan fingerprint density at radius 2 is 2.00 bits per heavy atom. The quantitative estimate of drug-likeness (QED) is 0.603. The Morgan fingerprint density at radius 3 is 2.82 bits per heavy atom. The highest BCUT2D eigenvalue weighted by Gasteiger charge is 2.43. The number of hydrogen-bond donors (Lipinski definition) is 1. The zero-order valence-corrected chi connectivity index (χ0v) is 18.9. The van der Waals surface area contributed by atoms with E-state index in [9.17, 15) is 14.7 Å². The molecule has 2 aliphatic rings. The Hall–Kier alpha value is -3.12. The Balaban J connectivity index is 1.34. The molecule has 2 atom stereocenters. The maximum absolute atomic E-state index is 12.9. The van der Waals surface area contributed by atoms with Crippen LogP contribution >= 0.6 is 0 Å². The predicted molar refractivity (Wildman–Crippen MR) is 126 cm³/mol. The van der Waals surface area contributed by atoms with Crippen molar-refractivity contribution in [3.63, 3.8) is 0 Å². The SMILES string of the molecule is Cc1c(OCC(=O)N2CC[C@@]3(O)CCCC[C@H]3C2)ccc2c(-c3ccccc3)cc(=O)oc12. The normalized spacial score (nSPS) is 22.7. The van der Waals surface area contributed by atoms with Crippen LogP contribution in [0.2, 0.25) is 0 Å². The van der Waals surface area contributed by atoms with E-state index in [0.29, 0.717) is 36.4 Å². The molecule has 1 aromatic heterocycles. The Kier molecular flexibility index (Phi) is 5.71. The minimum Gasteiger partial charge on any atom is -0.483 e. The van der Waals surface area contributed by atoms with Crippen LogP contribution < -0.4 is 10.4 Å². The first kappa shape index (κ1) is 21.7. The number of fused-ring (bicyclic) bond motifs is 2. The molecule has 3 aromatic rings. The molecule has 0 spiro atoms. The topological polar surface area (TPSA) is 80.0 Å². The highest BCUT2D eigenvalue weighted by Crippen LogP contribution is 2.40. The summed E-state index contributed by atoms with van der Waals surface area (Å²) in [6.07, 6.45) is 4.60. The number of ether oxygens (including phenoxy) is 1. The van der Waals surface area contributed by atoms with Crippen LogP contribution in [0.3, 0.4) is 0 Å². The molecule has 0 bridgehead atoms. The van der Waals surface area contributed by atoms with Crippen molar-refractivity contribution in [2.24, 2.45) is 5.92 Å². The third kappa shape index (κ3) is 4.15. The van der Waals surface area contributed by atoms with Crippen LogP contribution in [0.25, 0.3) is 22.1 Å². The lowest BCUT2D eigenvalue weighted by molar-refractivity contribution is -0.145. The number of carbonyl (C=O) groups is 1. The highest BCUT2D eigenvalue weighted by atomic mass is 16.5. The molecule has 1 saturated carbocycles. The first-order valence-corrected chi connectivity index (χ1v) is 11.7. The van der Waals surface area contributed by atoms with Gasteiger partial charge in [-0.2, -0.15) is 0 Å². The molecular formula is C27H29NO5. The van der Waals surface area contributed by atoms with E-state index >= 15 is 0 Å². The van der Waals surface area contributed by atoms with Crippen LogP contribution in [0.5, 0.6) is 5.75 Å². The first-order valence-electron chi connectivity index (χ1n) is 11.7. The van der Waals surface area contributed by atoms with Gasteiger partial charge in [-0.05, 0) is 49.4 Å². The van der Waals surface area contributed by atoms with Gasteiger partial charge in [0.15, 0.2) is 6.61 Å². The molecule has 0 unspecified atom stereocenters. The van der Waals surface area contributed by atoms with Crippen LogP contribution in [-0.4, -0.2) is 41.2 Å². The molecule has 6 heteroatoms. The molecule has 1 aliphatic heterocycles. The molecule has 1 saturated heterocycles. The zero-order valence-electron chi connectivity index (χ0n) is 18.9. The Bertz CT molecular complexity index is 1230. The monoisotopic (exact) mass is 447 g/mol. The Morgan fingerprint density at radius 1 is 1.18 bits per heavy atom. The number of aryl methyl sites for hydroxylation is 1. The molecule has 2 fully saturated rings. The summed E-state index contributed by atoms with van der Waals surface area (Å²) in [4.78, 5) is 26.9. The van der Waals surface area contributed by atoms with Gasteiger partial charge in [0.2, 0.25) is 0 Å². The third-order valence-electron chi connectivity index (χ3n) is 7.33. The molecule has 2 aromatic carbocycles. The predicted octanol–water partition coefficient (Wildman–Crippen LogP) is 4.30. The third-order valence-corrected chi connectivity index (χ3v) is 7.33. The van der Waals surface area contributed by atoms with Crippen molar-refractivity contribution in [3.05, 3.63) is 64.5 Å². The summed E-state index contributed by atoms with van der Waals surface area (Å²) >= 11 is 0. The van der Waals surface area contributed by atoms with E-state index in [0.717, 1.165) is 42.2 Å². The summed E-state index contributed by atoms with van der Waals surface area (Å²) in [6.45, 7) is 2.90. The van der Waals surface area contributed by atoms with Crippen molar-refractivity contribution in [1.82, 2.24) is 4.90 Å². The first-order chi connectivity index (χ1) is 15.9. The van der Waals surface area contributed by atoms with Gasteiger partial charge in [-0.15, -0.1) is 0 Å². The van der Waals surface area contributed by atoms with E-state index in [-0.39, 0.29) is 18.4 Å². The maximum Gasteiger partial charge on any atom is 0.336 e. The summed E-state index contributed by atoms with van der Waals surface area (Å²) < 4.78 is 11.4. The lowest BCUT2D eigenvalue weighted by Gasteiger charge is -2.47. The van der Waals surface area contributed by atoms with E-state index in [1.54, 1.807) is 0 Å². The van der Waals surface area contributed by atoms with Gasteiger partial charge in [0.05, 0.1) is 5.60 Å². The number of carbonyl (C=O) groups excluding carboxylic acids is 1. The minimum absolute atomic E-state index is 0.0818. The number of piperidine rings is 1. The van der Waals surface area contributed by atoms with Crippen molar-refractivity contribution < 1.29 is 19.1 Å². The van der Waals surface area contributed by atoms with Gasteiger partial charge >= 0.3 is 5.63 Å². The standard InChI is InChI=1S/C27H29NO5/c1-18-23(32-17-24(29)28-14-13-27(31)12-6-5-9-20(27)16-28)11-10-21-22(15-25(30)33-26(18)21)19-7-3-2-4-8-19/h2-4,7-8,10-11,15,20,31H,5-6,9,12-14,16-17H2,1H3/t20-,27-/m0/s1. The Labute approximate surface area is 192 Å². The number of likely N-dealkylation sites (tertiary alicyclic amines) is 1. The van der Waals surface area contributed by atoms with Gasteiger partial charge in [0.25, 0.3) is 5.91 Å². The van der Waals surface area contributed by atoms with Crippen molar-refractivity contribution >= 4 is 16.9 Å². The molecule has 0 radical (unpaired) electrons. The summed E-state index contributed by atoms with van der Waals surface area (Å²) in [6, 6.07) is 14.9. The number of benzene rings is 2. The summed E-state index contributed by atoms with van der Waals surface area (Å²) in [5.74, 6) is 0.592. The summed E-state index contributed by atoms with van der Waals surface area (Å²) in [7, 11) is 0. The molecule has 6 nitrogen and oxygen atoms in total.